The Balaban J connectivity index is 1.54. The number of rotatable bonds is 3. The van der Waals surface area contributed by atoms with Crippen LogP contribution in [0.1, 0.15) is 26.5 Å². The molecule has 0 fully saturated rings. The number of anilines is 1. The molecule has 0 atom stereocenters. The van der Waals surface area contributed by atoms with E-state index in [1.807, 2.05) is 30.6 Å². The monoisotopic (exact) mass is 403 g/mol. The highest BCUT2D eigenvalue weighted by Gasteiger charge is 2.22. The third-order valence-electron chi connectivity index (χ3n) is 5.20. The highest BCUT2D eigenvalue weighted by atomic mass is 32.1. The molecule has 29 heavy (non-hydrogen) atoms. The fraction of sp³-hybridized carbons (Fsp3) is 0.190. The zero-order chi connectivity index (χ0) is 20.0. The molecule has 1 aliphatic rings. The molecule has 0 N–H and O–H groups in total. The molecule has 4 aromatic heterocycles. The van der Waals surface area contributed by atoms with E-state index in [4.69, 9.17) is 0 Å². The molecule has 0 aliphatic carbocycles. The topological polar surface area (TPSA) is 80.5 Å². The lowest BCUT2D eigenvalue weighted by atomic mass is 10.0. The first-order chi connectivity index (χ1) is 14.1. The number of aryl methyl sites for hydroxylation is 1. The van der Waals surface area contributed by atoms with Crippen LogP contribution in [0.2, 0.25) is 0 Å². The van der Waals surface area contributed by atoms with Gasteiger partial charge in [0.05, 0.1) is 4.88 Å². The van der Waals surface area contributed by atoms with Crippen molar-refractivity contribution in [3.63, 3.8) is 0 Å². The number of hydrogen-bond acceptors (Lipinski definition) is 7. The van der Waals surface area contributed by atoms with Crippen LogP contribution in [-0.4, -0.2) is 32.4 Å². The lowest BCUT2D eigenvalue weighted by molar-refractivity contribution is 0.112. The zero-order valence-corrected chi connectivity index (χ0v) is 16.5. The van der Waals surface area contributed by atoms with Gasteiger partial charge in [-0.3, -0.25) is 14.6 Å². The third-order valence-corrected chi connectivity index (χ3v) is 6.04. The van der Waals surface area contributed by atoms with E-state index < -0.39 is 0 Å². The molecule has 5 rings (SSSR count). The van der Waals surface area contributed by atoms with Crippen LogP contribution >= 0.6 is 11.3 Å². The smallest absolute Gasteiger partial charge is 0.274 e. The molecule has 144 valence electrons. The van der Waals surface area contributed by atoms with Crippen LogP contribution in [-0.2, 0) is 13.0 Å². The lowest BCUT2D eigenvalue weighted by Gasteiger charge is -2.30. The first-order valence-corrected chi connectivity index (χ1v) is 10.1. The predicted octanol–water partition coefficient (Wildman–Crippen LogP) is 2.90. The molecule has 0 unspecified atom stereocenters. The van der Waals surface area contributed by atoms with Gasteiger partial charge >= 0.3 is 0 Å². The van der Waals surface area contributed by atoms with Crippen molar-refractivity contribution in [1.29, 1.82) is 0 Å². The summed E-state index contributed by atoms with van der Waals surface area (Å²) < 4.78 is 1.34. The number of thiophene rings is 1. The summed E-state index contributed by atoms with van der Waals surface area (Å²) in [5.74, 6) is 0.771. The second kappa shape index (κ2) is 6.89. The van der Waals surface area contributed by atoms with Gasteiger partial charge < -0.3 is 4.90 Å². The number of pyridine rings is 1. The van der Waals surface area contributed by atoms with Crippen LogP contribution in [0.15, 0.2) is 46.8 Å². The molecular weight excluding hydrogens is 386 g/mol. The third kappa shape index (κ3) is 3.01. The first-order valence-electron chi connectivity index (χ1n) is 9.25. The van der Waals surface area contributed by atoms with Crippen LogP contribution < -0.4 is 10.5 Å². The van der Waals surface area contributed by atoms with Crippen LogP contribution in [0.25, 0.3) is 16.8 Å². The highest BCUT2D eigenvalue weighted by Crippen LogP contribution is 2.31. The molecule has 8 heteroatoms. The summed E-state index contributed by atoms with van der Waals surface area (Å²) in [6, 6.07) is 7.35. The quantitative estimate of drug-likeness (QED) is 0.490. The minimum absolute atomic E-state index is 0.198. The SMILES string of the molecule is Cc1cc2nccc(=O)n2nc1N1CCc2ncc(-c3ccsc3C=O)cc2C1. The number of aromatic nitrogens is 4. The number of carbonyl (C=O) groups is 1. The van der Waals surface area contributed by atoms with Crippen molar-refractivity contribution >= 4 is 29.1 Å². The Morgan fingerprint density at radius 2 is 2.10 bits per heavy atom. The van der Waals surface area contributed by atoms with Gasteiger partial charge in [0.1, 0.15) is 0 Å². The summed E-state index contributed by atoms with van der Waals surface area (Å²) in [5, 5.41) is 6.49. The summed E-state index contributed by atoms with van der Waals surface area (Å²) in [6.07, 6.45) is 5.02. The van der Waals surface area contributed by atoms with E-state index in [1.54, 1.807) is 0 Å². The van der Waals surface area contributed by atoms with Gasteiger partial charge in [0.2, 0.25) is 0 Å². The van der Waals surface area contributed by atoms with Crippen molar-refractivity contribution in [3.8, 4) is 11.1 Å². The molecule has 0 saturated heterocycles. The molecular formula is C21H17N5O2S. The van der Waals surface area contributed by atoms with E-state index in [9.17, 15) is 9.59 Å². The molecule has 4 aromatic rings. The van der Waals surface area contributed by atoms with Crippen LogP contribution in [0, 0.1) is 6.92 Å². The normalized spacial score (nSPS) is 13.5. The van der Waals surface area contributed by atoms with E-state index in [-0.39, 0.29) is 5.56 Å². The first kappa shape index (κ1) is 17.7. The van der Waals surface area contributed by atoms with Gasteiger partial charge in [-0.25, -0.2) is 4.98 Å². The molecule has 0 aromatic carbocycles. The highest BCUT2D eigenvalue weighted by molar-refractivity contribution is 7.12. The maximum atomic E-state index is 12.2. The van der Waals surface area contributed by atoms with E-state index in [0.29, 0.717) is 17.1 Å². The summed E-state index contributed by atoms with van der Waals surface area (Å²) >= 11 is 1.43. The molecule has 0 bridgehead atoms. The zero-order valence-electron chi connectivity index (χ0n) is 15.7. The summed E-state index contributed by atoms with van der Waals surface area (Å²) in [7, 11) is 0. The Labute approximate surface area is 170 Å². The largest absolute Gasteiger partial charge is 0.350 e. The van der Waals surface area contributed by atoms with E-state index in [0.717, 1.165) is 53.0 Å². The van der Waals surface area contributed by atoms with Crippen LogP contribution in [0.4, 0.5) is 5.82 Å². The minimum Gasteiger partial charge on any atom is -0.350 e. The second-order valence-corrected chi connectivity index (χ2v) is 7.97. The van der Waals surface area contributed by atoms with Gasteiger partial charge in [-0.15, -0.1) is 16.4 Å². The minimum atomic E-state index is -0.198. The van der Waals surface area contributed by atoms with Gasteiger partial charge in [0.15, 0.2) is 17.8 Å². The molecule has 0 amide bonds. The number of aldehydes is 1. The summed E-state index contributed by atoms with van der Waals surface area (Å²) in [6.45, 7) is 3.39. The van der Waals surface area contributed by atoms with Gasteiger partial charge in [-0.1, -0.05) is 0 Å². The van der Waals surface area contributed by atoms with Crippen molar-refractivity contribution in [2.75, 3.05) is 11.4 Å². The van der Waals surface area contributed by atoms with Crippen molar-refractivity contribution in [1.82, 2.24) is 19.6 Å². The standard InChI is InChI=1S/C21H17N5O2S/c1-13-8-19-22-5-2-20(28)26(19)24-21(13)25-6-3-17-15(11-25)9-14(10-23-17)16-4-7-29-18(16)12-27/h2,4-5,7-10,12H,3,6,11H2,1H3. The Morgan fingerprint density at radius 1 is 1.21 bits per heavy atom. The van der Waals surface area contributed by atoms with Gasteiger partial charge in [-0.05, 0) is 41.6 Å². The number of nitrogens with zero attached hydrogens (tertiary/aromatic N) is 5. The maximum Gasteiger partial charge on any atom is 0.274 e. The predicted molar refractivity (Wildman–Crippen MR) is 112 cm³/mol. The number of hydrogen-bond donors (Lipinski definition) is 0. The Bertz CT molecular complexity index is 1310. The molecule has 0 saturated carbocycles. The fourth-order valence-corrected chi connectivity index (χ4v) is 4.48. The number of fused-ring (bicyclic) bond motifs is 2. The van der Waals surface area contributed by atoms with Crippen molar-refractivity contribution in [2.24, 2.45) is 0 Å². The Morgan fingerprint density at radius 3 is 2.97 bits per heavy atom. The van der Waals surface area contributed by atoms with E-state index in [1.165, 1.54) is 28.1 Å². The average molecular weight is 403 g/mol. The van der Waals surface area contributed by atoms with Gasteiger partial charge in [0.25, 0.3) is 5.56 Å². The number of carbonyl (C=O) groups excluding carboxylic acids is 1. The Kier molecular flexibility index (Phi) is 4.21. The fourth-order valence-electron chi connectivity index (χ4n) is 3.76. The maximum absolute atomic E-state index is 12.2. The molecule has 7 nitrogen and oxygen atoms in total. The molecule has 0 radical (unpaired) electrons. The van der Waals surface area contributed by atoms with Gasteiger partial charge in [-0.2, -0.15) is 4.52 Å². The second-order valence-electron chi connectivity index (χ2n) is 7.02. The van der Waals surface area contributed by atoms with E-state index >= 15 is 0 Å². The lowest BCUT2D eigenvalue weighted by Crippen LogP contribution is -2.33. The molecule has 5 heterocycles. The molecule has 0 spiro atoms. The molecule has 1 aliphatic heterocycles. The summed E-state index contributed by atoms with van der Waals surface area (Å²) in [5.41, 5.74) is 5.33. The van der Waals surface area contributed by atoms with Crippen LogP contribution in [0.5, 0.6) is 0 Å². The average Bonchev–Trinajstić information content (AvgIpc) is 3.22. The summed E-state index contributed by atoms with van der Waals surface area (Å²) in [4.78, 5) is 35.2. The van der Waals surface area contributed by atoms with Crippen molar-refractivity contribution in [3.05, 3.63) is 74.1 Å². The van der Waals surface area contributed by atoms with Gasteiger partial charge in [0, 0.05) is 54.8 Å². The van der Waals surface area contributed by atoms with Crippen molar-refractivity contribution < 1.29 is 4.79 Å². The van der Waals surface area contributed by atoms with Crippen molar-refractivity contribution in [2.45, 2.75) is 19.9 Å². The van der Waals surface area contributed by atoms with E-state index in [2.05, 4.69) is 26.0 Å². The Hall–Kier alpha value is -3.39. The van der Waals surface area contributed by atoms with Crippen LogP contribution in [0.3, 0.4) is 0 Å².